The van der Waals surface area contributed by atoms with E-state index in [1.807, 2.05) is 0 Å². The van der Waals surface area contributed by atoms with Crippen molar-refractivity contribution in [2.24, 2.45) is 46.3 Å². The number of allylic oxidation sites excluding steroid dienone is 2. The lowest BCUT2D eigenvalue weighted by Gasteiger charge is -2.57. The smallest absolute Gasteiger partial charge is 0.137 e. The first-order valence-corrected chi connectivity index (χ1v) is 12.4. The number of ketones is 2. The quantitative estimate of drug-likeness (QED) is 0.479. The van der Waals surface area contributed by atoms with Crippen molar-refractivity contribution < 1.29 is 9.59 Å². The largest absolute Gasteiger partial charge is 0.299 e. The van der Waals surface area contributed by atoms with E-state index in [9.17, 15) is 9.59 Å². The zero-order chi connectivity index (χ0) is 21.0. The molecule has 29 heavy (non-hydrogen) atoms. The molecule has 0 N–H and O–H groups in total. The molecule has 0 aromatic carbocycles. The first kappa shape index (κ1) is 21.3. The van der Waals surface area contributed by atoms with Crippen LogP contribution in [-0.2, 0) is 9.59 Å². The summed E-state index contributed by atoms with van der Waals surface area (Å²) in [4.78, 5) is 25.5. The van der Waals surface area contributed by atoms with Gasteiger partial charge in [-0.25, -0.2) is 0 Å². The highest BCUT2D eigenvalue weighted by atomic mass is 16.1. The van der Waals surface area contributed by atoms with Crippen molar-refractivity contribution in [3.05, 3.63) is 11.6 Å². The Morgan fingerprint density at radius 1 is 1.10 bits per heavy atom. The van der Waals surface area contributed by atoms with Crippen LogP contribution in [0.2, 0.25) is 0 Å². The van der Waals surface area contributed by atoms with Crippen LogP contribution in [0, 0.1) is 46.3 Å². The van der Waals surface area contributed by atoms with E-state index < -0.39 is 0 Å². The summed E-state index contributed by atoms with van der Waals surface area (Å²) in [5, 5.41) is 0. The minimum atomic E-state index is 0.166. The number of hydrogen-bond donors (Lipinski definition) is 0. The topological polar surface area (TPSA) is 34.1 Å². The SMILES string of the molecule is CC(C)CCC[C@@H](C)[C@H]1CC(=O)[C@H]2[C@@H]3CC=C4CC(=O)CC[C@]4(C)[C@H]3CC[C@]12C. The van der Waals surface area contributed by atoms with Crippen LogP contribution in [0.5, 0.6) is 0 Å². The van der Waals surface area contributed by atoms with Crippen LogP contribution in [0.3, 0.4) is 0 Å². The number of Topliss-reactive ketones (excluding diaryl/α,β-unsaturated/α-hetero) is 2. The monoisotopic (exact) mass is 398 g/mol. The molecule has 0 aliphatic heterocycles. The van der Waals surface area contributed by atoms with E-state index in [2.05, 4.69) is 40.7 Å². The summed E-state index contributed by atoms with van der Waals surface area (Å²) in [6.07, 6.45) is 13.0. The second-order valence-electron chi connectivity index (χ2n) is 12.0. The van der Waals surface area contributed by atoms with Gasteiger partial charge in [0.25, 0.3) is 0 Å². The summed E-state index contributed by atoms with van der Waals surface area (Å²) in [5.74, 6) is 4.35. The lowest BCUT2D eigenvalue weighted by molar-refractivity contribution is -0.132. The van der Waals surface area contributed by atoms with Gasteiger partial charge in [-0.3, -0.25) is 9.59 Å². The molecule has 2 nitrogen and oxygen atoms in total. The van der Waals surface area contributed by atoms with Crippen molar-refractivity contribution in [2.75, 3.05) is 0 Å². The lowest BCUT2D eigenvalue weighted by Crippen LogP contribution is -2.51. The van der Waals surface area contributed by atoms with Gasteiger partial charge in [0.15, 0.2) is 0 Å². The molecule has 0 radical (unpaired) electrons. The molecule has 3 saturated carbocycles. The third-order valence-corrected chi connectivity index (χ3v) is 9.89. The second kappa shape index (κ2) is 7.65. The molecule has 0 spiro atoms. The van der Waals surface area contributed by atoms with Crippen molar-refractivity contribution in [3.63, 3.8) is 0 Å². The third kappa shape index (κ3) is 3.47. The molecule has 4 aliphatic rings. The van der Waals surface area contributed by atoms with E-state index in [0.29, 0.717) is 41.7 Å². The van der Waals surface area contributed by atoms with Gasteiger partial charge in [-0.1, -0.05) is 65.5 Å². The van der Waals surface area contributed by atoms with Gasteiger partial charge in [0.1, 0.15) is 11.6 Å². The fraction of sp³-hybridized carbons (Fsp3) is 0.852. The predicted octanol–water partition coefficient (Wildman–Crippen LogP) is 6.78. The van der Waals surface area contributed by atoms with Crippen LogP contribution in [0.25, 0.3) is 0 Å². The van der Waals surface area contributed by atoms with Gasteiger partial charge in [-0.15, -0.1) is 0 Å². The van der Waals surface area contributed by atoms with Gasteiger partial charge in [0.05, 0.1) is 0 Å². The van der Waals surface area contributed by atoms with E-state index in [1.165, 1.54) is 37.7 Å². The zero-order valence-corrected chi connectivity index (χ0v) is 19.4. The first-order chi connectivity index (χ1) is 13.7. The molecule has 0 bridgehead atoms. The van der Waals surface area contributed by atoms with Crippen molar-refractivity contribution in [3.8, 4) is 0 Å². The van der Waals surface area contributed by atoms with Crippen LogP contribution in [0.15, 0.2) is 11.6 Å². The number of hydrogen-bond acceptors (Lipinski definition) is 2. The van der Waals surface area contributed by atoms with Gasteiger partial charge < -0.3 is 0 Å². The maximum Gasteiger partial charge on any atom is 0.137 e. The first-order valence-electron chi connectivity index (χ1n) is 12.4. The second-order valence-corrected chi connectivity index (χ2v) is 12.0. The van der Waals surface area contributed by atoms with E-state index in [4.69, 9.17) is 0 Å². The molecule has 162 valence electrons. The molecule has 4 rings (SSSR count). The molecule has 4 aliphatic carbocycles. The standard InChI is InChI=1S/C27H42O2/c1-17(2)7-6-8-18(3)23-16-24(29)25-21-10-9-19-15-20(28)11-13-26(19,4)22(21)12-14-27(23,25)5/h9,17-18,21-23,25H,6-8,10-16H2,1-5H3/t18-,21-,22+,23-,25-,26+,27-/m1/s1. The van der Waals surface area contributed by atoms with Crippen LogP contribution >= 0.6 is 0 Å². The van der Waals surface area contributed by atoms with E-state index in [1.54, 1.807) is 0 Å². The number of carbonyl (C=O) groups excluding carboxylic acids is 2. The fourth-order valence-corrected chi connectivity index (χ4v) is 8.22. The molecule has 2 heteroatoms. The Balaban J connectivity index is 1.55. The molecule has 0 unspecified atom stereocenters. The minimum absolute atomic E-state index is 0.166. The number of carbonyl (C=O) groups is 2. The molecule has 0 aromatic rings. The highest BCUT2D eigenvalue weighted by Gasteiger charge is 2.62. The average Bonchev–Trinajstić information content (AvgIpc) is 2.93. The van der Waals surface area contributed by atoms with Crippen molar-refractivity contribution in [1.29, 1.82) is 0 Å². The average molecular weight is 399 g/mol. The van der Waals surface area contributed by atoms with Crippen LogP contribution < -0.4 is 0 Å². The molecule has 3 fully saturated rings. The van der Waals surface area contributed by atoms with E-state index >= 15 is 0 Å². The molecule has 0 heterocycles. The van der Waals surface area contributed by atoms with Crippen molar-refractivity contribution >= 4 is 11.6 Å². The number of rotatable bonds is 5. The maximum absolute atomic E-state index is 13.4. The van der Waals surface area contributed by atoms with Crippen molar-refractivity contribution in [2.45, 2.75) is 98.8 Å². The zero-order valence-electron chi connectivity index (χ0n) is 19.4. The molecular weight excluding hydrogens is 356 g/mol. The molecule has 0 amide bonds. The van der Waals surface area contributed by atoms with Gasteiger partial charge in [-0.05, 0) is 66.1 Å². The Morgan fingerprint density at radius 2 is 1.86 bits per heavy atom. The molecular formula is C27H42O2. The van der Waals surface area contributed by atoms with E-state index in [-0.39, 0.29) is 16.7 Å². The summed E-state index contributed by atoms with van der Waals surface area (Å²) in [5.41, 5.74) is 1.77. The molecule has 0 aromatic heterocycles. The summed E-state index contributed by atoms with van der Waals surface area (Å²) in [6, 6.07) is 0. The Hall–Kier alpha value is -0.920. The highest BCUT2D eigenvalue weighted by Crippen LogP contribution is 2.66. The Kier molecular flexibility index (Phi) is 5.62. The van der Waals surface area contributed by atoms with E-state index in [0.717, 1.165) is 31.6 Å². The predicted molar refractivity (Wildman–Crippen MR) is 118 cm³/mol. The number of fused-ring (bicyclic) bond motifs is 5. The van der Waals surface area contributed by atoms with Gasteiger partial charge in [0, 0.05) is 25.2 Å². The fourth-order valence-electron chi connectivity index (χ4n) is 8.22. The normalized spacial score (nSPS) is 42.9. The van der Waals surface area contributed by atoms with Crippen LogP contribution in [0.1, 0.15) is 98.8 Å². The Morgan fingerprint density at radius 3 is 2.59 bits per heavy atom. The molecule has 0 saturated heterocycles. The third-order valence-electron chi connectivity index (χ3n) is 9.89. The van der Waals surface area contributed by atoms with Crippen LogP contribution in [0.4, 0.5) is 0 Å². The van der Waals surface area contributed by atoms with Gasteiger partial charge in [-0.2, -0.15) is 0 Å². The minimum Gasteiger partial charge on any atom is -0.299 e. The summed E-state index contributed by atoms with van der Waals surface area (Å²) in [7, 11) is 0. The molecule has 7 atom stereocenters. The Bertz CT molecular complexity index is 703. The lowest BCUT2D eigenvalue weighted by atomic mass is 9.47. The Labute approximate surface area is 178 Å². The summed E-state index contributed by atoms with van der Waals surface area (Å²) < 4.78 is 0. The van der Waals surface area contributed by atoms with Gasteiger partial charge in [0.2, 0.25) is 0 Å². The van der Waals surface area contributed by atoms with Crippen LogP contribution in [-0.4, -0.2) is 11.6 Å². The summed E-state index contributed by atoms with van der Waals surface area (Å²) in [6.45, 7) is 11.9. The summed E-state index contributed by atoms with van der Waals surface area (Å²) >= 11 is 0. The van der Waals surface area contributed by atoms with Gasteiger partial charge >= 0.3 is 0 Å². The maximum atomic E-state index is 13.4. The van der Waals surface area contributed by atoms with Crippen molar-refractivity contribution in [1.82, 2.24) is 0 Å². The highest BCUT2D eigenvalue weighted by molar-refractivity contribution is 5.86.